The molecule has 0 atom stereocenters. The summed E-state index contributed by atoms with van der Waals surface area (Å²) in [4.78, 5) is 21.2. The second-order valence-corrected chi connectivity index (χ2v) is 6.33. The molecule has 6 heteroatoms. The molecule has 6 nitrogen and oxygen atoms in total. The Hall–Kier alpha value is -3.15. The molecule has 0 spiro atoms. The smallest absolute Gasteiger partial charge is 0.253 e. The van der Waals surface area contributed by atoms with Gasteiger partial charge in [0.05, 0.1) is 0 Å². The molecule has 1 saturated heterocycles. The Labute approximate surface area is 152 Å². The van der Waals surface area contributed by atoms with Gasteiger partial charge in [-0.05, 0) is 24.3 Å². The number of para-hydroxylation sites is 1. The van der Waals surface area contributed by atoms with Crippen molar-refractivity contribution in [2.24, 2.45) is 0 Å². The zero-order chi connectivity index (χ0) is 17.9. The molecule has 0 radical (unpaired) electrons. The summed E-state index contributed by atoms with van der Waals surface area (Å²) < 4.78 is 5.00. The van der Waals surface area contributed by atoms with Crippen molar-refractivity contribution in [3.8, 4) is 11.4 Å². The first kappa shape index (κ1) is 16.3. The van der Waals surface area contributed by atoms with Crippen molar-refractivity contribution in [3.05, 3.63) is 66.1 Å². The van der Waals surface area contributed by atoms with Crippen molar-refractivity contribution in [1.29, 1.82) is 0 Å². The van der Waals surface area contributed by atoms with Crippen LogP contribution in [0.1, 0.15) is 16.2 Å². The molecular formula is C20H20N4O2. The largest absolute Gasteiger partial charge is 0.368 e. The molecule has 1 amide bonds. The lowest BCUT2D eigenvalue weighted by atomic mass is 10.1. The first-order valence-corrected chi connectivity index (χ1v) is 8.71. The fourth-order valence-corrected chi connectivity index (χ4v) is 3.17. The highest BCUT2D eigenvalue weighted by molar-refractivity contribution is 5.94. The van der Waals surface area contributed by atoms with E-state index in [0.29, 0.717) is 17.3 Å². The van der Waals surface area contributed by atoms with Gasteiger partial charge in [-0.25, -0.2) is 0 Å². The Morgan fingerprint density at radius 3 is 2.27 bits per heavy atom. The second-order valence-electron chi connectivity index (χ2n) is 6.33. The van der Waals surface area contributed by atoms with E-state index in [1.165, 1.54) is 5.69 Å². The lowest BCUT2D eigenvalue weighted by molar-refractivity contribution is 0.0747. The monoisotopic (exact) mass is 348 g/mol. The predicted octanol–water partition coefficient (Wildman–Crippen LogP) is 3.01. The Bertz CT molecular complexity index is 882. The predicted molar refractivity (Wildman–Crippen MR) is 99.0 cm³/mol. The number of carbonyl (C=O) groups excluding carboxylic acids is 1. The van der Waals surface area contributed by atoms with Gasteiger partial charge in [-0.15, -0.1) is 0 Å². The molecule has 1 aliphatic rings. The average molecular weight is 348 g/mol. The minimum Gasteiger partial charge on any atom is -0.368 e. The van der Waals surface area contributed by atoms with Crippen LogP contribution in [-0.2, 0) is 0 Å². The van der Waals surface area contributed by atoms with E-state index < -0.39 is 0 Å². The van der Waals surface area contributed by atoms with Crippen LogP contribution in [0.2, 0.25) is 0 Å². The van der Waals surface area contributed by atoms with E-state index in [1.807, 2.05) is 47.4 Å². The molecule has 0 unspecified atom stereocenters. The molecule has 1 fully saturated rings. The number of amides is 1. The summed E-state index contributed by atoms with van der Waals surface area (Å²) in [6, 6.07) is 17.7. The number of rotatable bonds is 3. The van der Waals surface area contributed by atoms with Gasteiger partial charge in [0.2, 0.25) is 11.7 Å². The van der Waals surface area contributed by atoms with Crippen LogP contribution in [0.5, 0.6) is 0 Å². The number of benzene rings is 2. The van der Waals surface area contributed by atoms with Crippen LogP contribution in [0.15, 0.2) is 59.1 Å². The van der Waals surface area contributed by atoms with E-state index in [9.17, 15) is 4.79 Å². The number of nitrogens with zero attached hydrogens (tertiary/aromatic N) is 4. The van der Waals surface area contributed by atoms with E-state index >= 15 is 0 Å². The molecule has 0 aliphatic carbocycles. The SMILES string of the molecule is Cc1nc(-c2ccc(C(=O)N3CCN(c4ccccc4)CC3)cc2)no1. The van der Waals surface area contributed by atoms with Crippen molar-refractivity contribution in [2.75, 3.05) is 31.1 Å². The van der Waals surface area contributed by atoms with Crippen LogP contribution in [0, 0.1) is 6.92 Å². The Balaban J connectivity index is 1.40. The minimum atomic E-state index is 0.0635. The molecule has 26 heavy (non-hydrogen) atoms. The maximum Gasteiger partial charge on any atom is 0.253 e. The third kappa shape index (κ3) is 3.31. The van der Waals surface area contributed by atoms with Crippen LogP contribution < -0.4 is 4.90 Å². The zero-order valence-corrected chi connectivity index (χ0v) is 14.6. The number of hydrogen-bond acceptors (Lipinski definition) is 5. The van der Waals surface area contributed by atoms with Gasteiger partial charge in [0.25, 0.3) is 5.91 Å². The molecule has 1 aliphatic heterocycles. The van der Waals surface area contributed by atoms with E-state index in [-0.39, 0.29) is 5.91 Å². The van der Waals surface area contributed by atoms with Gasteiger partial charge in [0, 0.05) is 49.9 Å². The lowest BCUT2D eigenvalue weighted by Crippen LogP contribution is -2.48. The molecule has 0 saturated carbocycles. The third-order valence-electron chi connectivity index (χ3n) is 4.61. The Morgan fingerprint density at radius 1 is 0.962 bits per heavy atom. The van der Waals surface area contributed by atoms with Gasteiger partial charge in [0.1, 0.15) is 0 Å². The van der Waals surface area contributed by atoms with Crippen LogP contribution in [0.25, 0.3) is 11.4 Å². The van der Waals surface area contributed by atoms with Gasteiger partial charge in [-0.3, -0.25) is 4.79 Å². The molecule has 0 bridgehead atoms. The van der Waals surface area contributed by atoms with E-state index in [4.69, 9.17) is 4.52 Å². The molecule has 2 aromatic carbocycles. The summed E-state index contributed by atoms with van der Waals surface area (Å²) in [5.74, 6) is 1.13. The van der Waals surface area contributed by atoms with E-state index in [1.54, 1.807) is 6.92 Å². The van der Waals surface area contributed by atoms with Crippen molar-refractivity contribution in [2.45, 2.75) is 6.92 Å². The van der Waals surface area contributed by atoms with Crippen molar-refractivity contribution in [1.82, 2.24) is 15.0 Å². The fraction of sp³-hybridized carbons (Fsp3) is 0.250. The van der Waals surface area contributed by atoms with Crippen molar-refractivity contribution < 1.29 is 9.32 Å². The van der Waals surface area contributed by atoms with E-state index in [2.05, 4.69) is 27.2 Å². The average Bonchev–Trinajstić information content (AvgIpc) is 3.15. The minimum absolute atomic E-state index is 0.0635. The van der Waals surface area contributed by atoms with Gasteiger partial charge < -0.3 is 14.3 Å². The van der Waals surface area contributed by atoms with Crippen LogP contribution in [0.3, 0.4) is 0 Å². The standard InChI is InChI=1S/C20H20N4O2/c1-15-21-19(22-26-15)16-7-9-17(10-8-16)20(25)24-13-11-23(12-14-24)18-5-3-2-4-6-18/h2-10H,11-14H2,1H3. The highest BCUT2D eigenvalue weighted by Crippen LogP contribution is 2.19. The highest BCUT2D eigenvalue weighted by atomic mass is 16.5. The molecule has 132 valence electrons. The van der Waals surface area contributed by atoms with Gasteiger partial charge in [0.15, 0.2) is 0 Å². The number of carbonyl (C=O) groups is 1. The summed E-state index contributed by atoms with van der Waals surface area (Å²) in [7, 11) is 0. The van der Waals surface area contributed by atoms with Crippen LogP contribution in [-0.4, -0.2) is 47.1 Å². The molecule has 2 heterocycles. The Morgan fingerprint density at radius 2 is 1.65 bits per heavy atom. The molecule has 0 N–H and O–H groups in total. The van der Waals surface area contributed by atoms with Gasteiger partial charge in [-0.2, -0.15) is 4.98 Å². The summed E-state index contributed by atoms with van der Waals surface area (Å²) in [5.41, 5.74) is 2.73. The maximum atomic E-state index is 12.8. The first-order valence-electron chi connectivity index (χ1n) is 8.71. The van der Waals surface area contributed by atoms with Crippen LogP contribution in [0.4, 0.5) is 5.69 Å². The quantitative estimate of drug-likeness (QED) is 0.728. The first-order chi connectivity index (χ1) is 12.7. The normalized spacial score (nSPS) is 14.5. The molecule has 1 aromatic heterocycles. The summed E-state index contributed by atoms with van der Waals surface area (Å²) >= 11 is 0. The molecular weight excluding hydrogens is 328 g/mol. The number of aryl methyl sites for hydroxylation is 1. The van der Waals surface area contributed by atoms with Crippen molar-refractivity contribution >= 4 is 11.6 Å². The fourth-order valence-electron chi connectivity index (χ4n) is 3.17. The van der Waals surface area contributed by atoms with Crippen LogP contribution >= 0.6 is 0 Å². The highest BCUT2D eigenvalue weighted by Gasteiger charge is 2.22. The zero-order valence-electron chi connectivity index (χ0n) is 14.6. The number of aromatic nitrogens is 2. The number of hydrogen-bond donors (Lipinski definition) is 0. The third-order valence-corrected chi connectivity index (χ3v) is 4.61. The summed E-state index contributed by atoms with van der Waals surface area (Å²) in [5, 5.41) is 3.90. The topological polar surface area (TPSA) is 62.5 Å². The maximum absolute atomic E-state index is 12.8. The Kier molecular flexibility index (Phi) is 4.39. The molecule has 3 aromatic rings. The van der Waals surface area contributed by atoms with Crippen molar-refractivity contribution in [3.63, 3.8) is 0 Å². The summed E-state index contributed by atoms with van der Waals surface area (Å²) in [6.07, 6.45) is 0. The van der Waals surface area contributed by atoms with Gasteiger partial charge in [-0.1, -0.05) is 35.5 Å². The lowest BCUT2D eigenvalue weighted by Gasteiger charge is -2.36. The van der Waals surface area contributed by atoms with Gasteiger partial charge >= 0.3 is 0 Å². The number of anilines is 1. The number of piperazine rings is 1. The summed E-state index contributed by atoms with van der Waals surface area (Å²) in [6.45, 7) is 4.88. The second kappa shape index (κ2) is 7.00. The van der Waals surface area contributed by atoms with E-state index in [0.717, 1.165) is 31.7 Å². The molecule has 4 rings (SSSR count).